The van der Waals surface area contributed by atoms with E-state index in [2.05, 4.69) is 49.8 Å². The van der Waals surface area contributed by atoms with Crippen molar-refractivity contribution in [1.29, 1.82) is 0 Å². The summed E-state index contributed by atoms with van der Waals surface area (Å²) in [7, 11) is 0. The predicted molar refractivity (Wildman–Crippen MR) is 126 cm³/mol. The number of nitrogens with zero attached hydrogens (tertiary/aromatic N) is 1. The highest BCUT2D eigenvalue weighted by Crippen LogP contribution is 2.33. The Labute approximate surface area is 195 Å². The zero-order valence-electron chi connectivity index (χ0n) is 15.9. The summed E-state index contributed by atoms with van der Waals surface area (Å²) in [6.07, 6.45) is 7.50. The number of hydrogen-bond donors (Lipinski definition) is 1. The van der Waals surface area contributed by atoms with Crippen LogP contribution in [-0.2, 0) is 16.0 Å². The summed E-state index contributed by atoms with van der Waals surface area (Å²) in [5, 5.41) is 2.22. The van der Waals surface area contributed by atoms with Crippen LogP contribution in [0, 0.1) is 15.9 Å². The average Bonchev–Trinajstić information content (AvgIpc) is 2.71. The summed E-state index contributed by atoms with van der Waals surface area (Å²) >= 11 is 5.49. The van der Waals surface area contributed by atoms with Crippen LogP contribution in [0.1, 0.15) is 18.1 Å². The third-order valence-electron chi connectivity index (χ3n) is 4.34. The summed E-state index contributed by atoms with van der Waals surface area (Å²) in [5.74, 6) is 1.54. The molecule has 1 heterocycles. The van der Waals surface area contributed by atoms with Crippen molar-refractivity contribution in [3.8, 4) is 18.1 Å². The summed E-state index contributed by atoms with van der Waals surface area (Å²) in [6, 6.07) is 9.72. The van der Waals surface area contributed by atoms with Gasteiger partial charge in [0.2, 0.25) is 0 Å². The maximum absolute atomic E-state index is 13.0. The smallest absolute Gasteiger partial charge is 0.335 e. The van der Waals surface area contributed by atoms with Gasteiger partial charge in [-0.15, -0.1) is 6.42 Å². The topological polar surface area (TPSA) is 75.7 Å². The molecule has 4 amide bonds. The first-order chi connectivity index (χ1) is 14.3. The molecule has 152 valence electrons. The van der Waals surface area contributed by atoms with Crippen molar-refractivity contribution in [3.63, 3.8) is 0 Å². The minimum atomic E-state index is -0.778. The Bertz CT molecular complexity index is 1080. The maximum atomic E-state index is 13.0. The van der Waals surface area contributed by atoms with E-state index in [9.17, 15) is 14.4 Å². The van der Waals surface area contributed by atoms with Crippen LogP contribution in [0.25, 0.3) is 6.08 Å². The molecular weight excluding hydrogens is 563 g/mol. The molecule has 30 heavy (non-hydrogen) atoms. The van der Waals surface area contributed by atoms with E-state index < -0.39 is 17.8 Å². The molecule has 2 aromatic rings. The number of amides is 4. The molecule has 0 bridgehead atoms. The molecule has 0 aromatic heterocycles. The lowest BCUT2D eigenvalue weighted by Crippen LogP contribution is -2.54. The zero-order chi connectivity index (χ0) is 21.8. The fraction of sp³-hybridized carbons (Fsp3) is 0.136. The molecule has 1 N–H and O–H groups in total. The molecular formula is C22H16BrIN2O4. The van der Waals surface area contributed by atoms with Crippen LogP contribution in [0.4, 0.5) is 10.5 Å². The van der Waals surface area contributed by atoms with Crippen molar-refractivity contribution >= 4 is 68.1 Å². The largest absolute Gasteiger partial charge is 0.479 e. The summed E-state index contributed by atoms with van der Waals surface area (Å²) in [5.41, 5.74) is 1.91. The number of halogens is 2. The quantitative estimate of drug-likeness (QED) is 0.248. The number of carbonyl (C=O) groups excluding carboxylic acids is 3. The van der Waals surface area contributed by atoms with Crippen LogP contribution in [-0.4, -0.2) is 24.5 Å². The van der Waals surface area contributed by atoms with Crippen molar-refractivity contribution in [1.82, 2.24) is 5.32 Å². The van der Waals surface area contributed by atoms with Crippen LogP contribution in [0.15, 0.2) is 46.4 Å². The van der Waals surface area contributed by atoms with Gasteiger partial charge in [-0.25, -0.2) is 9.69 Å². The van der Waals surface area contributed by atoms with Crippen molar-refractivity contribution in [2.45, 2.75) is 13.3 Å². The number of carbonyl (C=O) groups is 3. The maximum Gasteiger partial charge on any atom is 0.335 e. The number of urea groups is 1. The van der Waals surface area contributed by atoms with Gasteiger partial charge in [-0.1, -0.05) is 25.0 Å². The number of hydrogen-bond acceptors (Lipinski definition) is 4. The second-order valence-corrected chi connectivity index (χ2v) is 8.30. The Morgan fingerprint density at radius 3 is 2.53 bits per heavy atom. The van der Waals surface area contributed by atoms with Crippen LogP contribution >= 0.6 is 38.5 Å². The fourth-order valence-electron chi connectivity index (χ4n) is 2.85. The molecule has 3 rings (SSSR count). The average molecular weight is 579 g/mol. The second-order valence-electron chi connectivity index (χ2n) is 6.28. The van der Waals surface area contributed by atoms with Gasteiger partial charge in [-0.2, -0.15) is 0 Å². The molecule has 8 heteroatoms. The van der Waals surface area contributed by atoms with Crippen LogP contribution in [0.2, 0.25) is 0 Å². The molecule has 2 aromatic carbocycles. The number of nitrogens with one attached hydrogen (secondary N) is 1. The lowest BCUT2D eigenvalue weighted by atomic mass is 10.1. The van der Waals surface area contributed by atoms with E-state index in [0.717, 1.165) is 20.5 Å². The Morgan fingerprint density at radius 1 is 1.23 bits per heavy atom. The first-order valence-corrected chi connectivity index (χ1v) is 10.8. The predicted octanol–water partition coefficient (Wildman–Crippen LogP) is 4.29. The van der Waals surface area contributed by atoms with Crippen LogP contribution in [0.5, 0.6) is 5.75 Å². The minimum Gasteiger partial charge on any atom is -0.479 e. The minimum absolute atomic E-state index is 0.115. The van der Waals surface area contributed by atoms with E-state index in [4.69, 9.17) is 11.2 Å². The van der Waals surface area contributed by atoms with E-state index in [1.165, 1.54) is 6.08 Å². The number of rotatable bonds is 5. The van der Waals surface area contributed by atoms with E-state index >= 15 is 0 Å². The molecule has 1 aliphatic heterocycles. The van der Waals surface area contributed by atoms with Gasteiger partial charge in [0.1, 0.15) is 17.9 Å². The first kappa shape index (κ1) is 22.1. The Kier molecular flexibility index (Phi) is 6.95. The zero-order valence-corrected chi connectivity index (χ0v) is 19.6. The molecule has 1 aliphatic rings. The molecule has 1 fully saturated rings. The Hall–Kier alpha value is -2.64. The van der Waals surface area contributed by atoms with E-state index in [0.29, 0.717) is 21.5 Å². The number of terminal acetylenes is 1. The highest BCUT2D eigenvalue weighted by atomic mass is 127. The number of aryl methyl sites for hydroxylation is 1. The molecule has 0 aliphatic carbocycles. The van der Waals surface area contributed by atoms with Gasteiger partial charge in [0.15, 0.2) is 0 Å². The number of benzene rings is 2. The molecule has 6 nitrogen and oxygen atoms in total. The van der Waals surface area contributed by atoms with Gasteiger partial charge in [-0.3, -0.25) is 14.9 Å². The molecule has 0 radical (unpaired) electrons. The molecule has 0 unspecified atom stereocenters. The standard InChI is InChI=1S/C22H16BrIN2O4/c1-3-9-30-19-17(23)11-14(12-18(19)24)10-16-20(27)25-22(29)26(21(16)28)15-7-5-13(4-2)6-8-15/h1,5-8,10-12H,4,9H2,2H3,(H,25,27,29)/b16-10-. The highest BCUT2D eigenvalue weighted by Gasteiger charge is 2.36. The van der Waals surface area contributed by atoms with Crippen LogP contribution in [0.3, 0.4) is 0 Å². The number of imide groups is 2. The van der Waals surface area contributed by atoms with E-state index in [1.54, 1.807) is 24.3 Å². The van der Waals surface area contributed by atoms with Gasteiger partial charge in [0.05, 0.1) is 13.7 Å². The summed E-state index contributed by atoms with van der Waals surface area (Å²) in [6.45, 7) is 2.12. The summed E-state index contributed by atoms with van der Waals surface area (Å²) in [4.78, 5) is 38.6. The monoisotopic (exact) mass is 578 g/mol. The molecule has 0 spiro atoms. The van der Waals surface area contributed by atoms with Crippen LogP contribution < -0.4 is 15.0 Å². The Morgan fingerprint density at radius 2 is 1.93 bits per heavy atom. The molecule has 1 saturated heterocycles. The van der Waals surface area contributed by atoms with Gasteiger partial charge in [-0.05, 0) is 86.4 Å². The van der Waals surface area contributed by atoms with Crippen molar-refractivity contribution < 1.29 is 19.1 Å². The third-order valence-corrected chi connectivity index (χ3v) is 5.73. The molecule has 0 atom stereocenters. The van der Waals surface area contributed by atoms with Crippen molar-refractivity contribution in [2.75, 3.05) is 11.5 Å². The van der Waals surface area contributed by atoms with E-state index in [-0.39, 0.29) is 12.2 Å². The van der Waals surface area contributed by atoms with Gasteiger partial charge in [0, 0.05) is 0 Å². The highest BCUT2D eigenvalue weighted by molar-refractivity contribution is 14.1. The van der Waals surface area contributed by atoms with E-state index in [1.807, 2.05) is 19.1 Å². The normalized spacial score (nSPS) is 15.2. The fourth-order valence-corrected chi connectivity index (χ4v) is 4.62. The van der Waals surface area contributed by atoms with Crippen molar-refractivity contribution in [3.05, 3.63) is 61.1 Å². The number of ether oxygens (including phenoxy) is 1. The third kappa shape index (κ3) is 4.57. The number of barbiturate groups is 1. The lowest BCUT2D eigenvalue weighted by molar-refractivity contribution is -0.122. The van der Waals surface area contributed by atoms with Crippen molar-refractivity contribution in [2.24, 2.45) is 0 Å². The lowest BCUT2D eigenvalue weighted by Gasteiger charge is -2.26. The summed E-state index contributed by atoms with van der Waals surface area (Å²) < 4.78 is 6.88. The van der Waals surface area contributed by atoms with Gasteiger partial charge >= 0.3 is 6.03 Å². The first-order valence-electron chi connectivity index (χ1n) is 8.91. The van der Waals surface area contributed by atoms with Gasteiger partial charge < -0.3 is 4.74 Å². The Balaban J connectivity index is 1.97. The molecule has 0 saturated carbocycles. The SMILES string of the molecule is C#CCOc1c(Br)cc(/C=C2/C(=O)NC(=O)N(c3ccc(CC)cc3)C2=O)cc1I. The second kappa shape index (κ2) is 9.45. The van der Waals surface area contributed by atoms with Gasteiger partial charge in [0.25, 0.3) is 11.8 Å². The number of anilines is 1.